The van der Waals surface area contributed by atoms with Gasteiger partial charge in [-0.3, -0.25) is 10.2 Å². The van der Waals surface area contributed by atoms with Gasteiger partial charge in [0.05, 0.1) is 51.0 Å². The van der Waals surface area contributed by atoms with Crippen LogP contribution in [0, 0.1) is 6.92 Å². The number of amides is 2. The molecule has 3 aromatic rings. The van der Waals surface area contributed by atoms with Crippen LogP contribution in [-0.2, 0) is 19.7 Å². The van der Waals surface area contributed by atoms with E-state index in [1.54, 1.807) is 50.2 Å². The summed E-state index contributed by atoms with van der Waals surface area (Å²) in [6.45, 7) is 3.74. The number of hydrazone groups is 1. The molecule has 0 bridgehead atoms. The Morgan fingerprint density at radius 1 is 0.957 bits per heavy atom. The number of nitrogens with one attached hydrogen (secondary N) is 3. The fraction of sp³-hybridized carbons (Fsp3) is 0.103. The average Bonchev–Trinajstić information content (AvgIpc) is 2.98. The molecule has 0 aliphatic heterocycles. The largest absolute Gasteiger partial charge is 1.00 e. The summed E-state index contributed by atoms with van der Waals surface area (Å²) in [6.07, 6.45) is 3.53. The summed E-state index contributed by atoms with van der Waals surface area (Å²) in [5.41, 5.74) is 4.78. The Morgan fingerprint density at radius 3 is 2.28 bits per heavy atom. The standard InChI is InChI=1S/C29H25ClN6O8S.2Na/c1-3-44-26-15-23(36-35-20-8-10-22(30)27(14-20)45(41,42)43)16(2)12-24(26)32-29(40)31-17-4-6-18(7-5-17)33-34-19-9-11-25(37)21(13-19)28(38)39;;/h4-15,33H,3H2,1-2H3,(H,38,39)(H2,31,32,40)(H,41,42,43);;/q;2*+1/p-2/b34-19-,36-35?;;. The number of rotatable bonds is 10. The molecule has 18 heteroatoms. The predicted octanol–water partition coefficient (Wildman–Crippen LogP) is -1.40. The number of nitrogens with zero attached hydrogens (tertiary/aromatic N) is 3. The Morgan fingerprint density at radius 2 is 1.64 bits per heavy atom. The maximum atomic E-state index is 12.8. The number of carboxylic acid groups (broad SMARTS) is 1. The van der Waals surface area contributed by atoms with E-state index in [-0.39, 0.29) is 82.1 Å². The number of aryl methyl sites for hydroxylation is 1. The number of carbonyl (C=O) groups is 3. The average molecular weight is 697 g/mol. The van der Waals surface area contributed by atoms with Crippen LogP contribution >= 0.6 is 11.6 Å². The van der Waals surface area contributed by atoms with Gasteiger partial charge in [-0.25, -0.2) is 13.2 Å². The van der Waals surface area contributed by atoms with Gasteiger partial charge in [0.15, 0.2) is 5.78 Å². The molecule has 0 unspecified atom stereocenters. The van der Waals surface area contributed by atoms with Gasteiger partial charge in [0.2, 0.25) is 0 Å². The van der Waals surface area contributed by atoms with E-state index in [1.807, 2.05) is 0 Å². The number of carboxylic acids is 1. The van der Waals surface area contributed by atoms with E-state index in [2.05, 4.69) is 31.4 Å². The summed E-state index contributed by atoms with van der Waals surface area (Å²) in [6, 6.07) is 12.7. The van der Waals surface area contributed by atoms with Crippen molar-refractivity contribution in [1.29, 1.82) is 0 Å². The number of ketones is 1. The van der Waals surface area contributed by atoms with E-state index in [0.29, 0.717) is 34.1 Å². The normalized spacial score (nSPS) is 13.3. The van der Waals surface area contributed by atoms with Crippen molar-refractivity contribution in [3.63, 3.8) is 0 Å². The van der Waals surface area contributed by atoms with Crippen molar-refractivity contribution in [2.45, 2.75) is 18.7 Å². The van der Waals surface area contributed by atoms with E-state index in [0.717, 1.165) is 18.2 Å². The summed E-state index contributed by atoms with van der Waals surface area (Å²) >= 11 is 5.81. The van der Waals surface area contributed by atoms with Crippen molar-refractivity contribution in [1.82, 2.24) is 0 Å². The minimum atomic E-state index is -4.81. The van der Waals surface area contributed by atoms with Crippen LogP contribution in [0.2, 0.25) is 5.02 Å². The zero-order chi connectivity index (χ0) is 32.7. The second kappa shape index (κ2) is 17.7. The van der Waals surface area contributed by atoms with Crippen molar-refractivity contribution in [3.05, 3.63) is 89.0 Å². The molecule has 4 rings (SSSR count). The predicted molar refractivity (Wildman–Crippen MR) is 163 cm³/mol. The number of allylic oxidation sites excluding steroid dienone is 3. The molecular weight excluding hydrogens is 674 g/mol. The molecule has 0 radical (unpaired) electrons. The summed E-state index contributed by atoms with van der Waals surface area (Å²) in [7, 11) is -4.81. The first-order valence-corrected chi connectivity index (χ1v) is 14.7. The monoisotopic (exact) mass is 696 g/mol. The van der Waals surface area contributed by atoms with Gasteiger partial charge in [0, 0.05) is 17.3 Å². The SMILES string of the molecule is CCOc1cc(N=Nc2ccc(Cl)c(S(=O)(=O)[O-])c2)c(C)cc1NC(=O)Nc1ccc(N/N=C2/C=CC(=O)C(C(=O)[O-])=C2)cc1.[Na+].[Na+]. The molecule has 1 aliphatic rings. The van der Waals surface area contributed by atoms with Gasteiger partial charge in [0.1, 0.15) is 15.9 Å². The summed E-state index contributed by atoms with van der Waals surface area (Å²) in [5.74, 6) is -1.99. The molecule has 0 aromatic heterocycles. The summed E-state index contributed by atoms with van der Waals surface area (Å²) < 4.78 is 39.9. The zero-order valence-electron chi connectivity index (χ0n) is 25.5. The van der Waals surface area contributed by atoms with Gasteiger partial charge in [-0.2, -0.15) is 15.3 Å². The number of azo groups is 1. The van der Waals surface area contributed by atoms with Crippen LogP contribution in [0.3, 0.4) is 0 Å². The number of halogens is 1. The molecule has 3 N–H and O–H groups in total. The molecule has 47 heavy (non-hydrogen) atoms. The van der Waals surface area contributed by atoms with Gasteiger partial charge in [-0.15, -0.1) is 0 Å². The first-order chi connectivity index (χ1) is 21.3. The first-order valence-electron chi connectivity index (χ1n) is 13.0. The number of anilines is 3. The van der Waals surface area contributed by atoms with E-state index in [1.165, 1.54) is 18.2 Å². The molecule has 14 nitrogen and oxygen atoms in total. The van der Waals surface area contributed by atoms with Crippen LogP contribution in [0.25, 0.3) is 0 Å². The van der Waals surface area contributed by atoms with Gasteiger partial charge < -0.3 is 29.8 Å². The van der Waals surface area contributed by atoms with E-state index < -0.39 is 38.4 Å². The third-order valence-corrected chi connectivity index (χ3v) is 7.26. The van der Waals surface area contributed by atoms with Crippen molar-refractivity contribution >= 4 is 73.7 Å². The Labute approximate surface area is 318 Å². The number of carbonyl (C=O) groups excluding carboxylic acids is 3. The number of hydrogen-bond donors (Lipinski definition) is 3. The number of urea groups is 1. The van der Waals surface area contributed by atoms with Crippen LogP contribution in [0.4, 0.5) is 33.2 Å². The van der Waals surface area contributed by atoms with Crippen LogP contribution in [0.15, 0.2) is 98.6 Å². The van der Waals surface area contributed by atoms with Crippen molar-refractivity contribution in [3.8, 4) is 5.75 Å². The molecule has 0 heterocycles. The molecule has 0 atom stereocenters. The minimum absolute atomic E-state index is 0. The molecule has 2 amide bonds. The van der Waals surface area contributed by atoms with E-state index >= 15 is 0 Å². The summed E-state index contributed by atoms with van der Waals surface area (Å²) in [5, 5.41) is 28.4. The Bertz CT molecular complexity index is 1920. The number of aliphatic carboxylic acids is 1. The van der Waals surface area contributed by atoms with Crippen molar-refractivity contribution in [2.75, 3.05) is 22.7 Å². The number of ether oxygens (including phenoxy) is 1. The Hall–Kier alpha value is -3.38. The first kappa shape index (κ1) is 39.8. The molecular formula is C29H23ClN6Na2O8S. The number of hydrogen-bond acceptors (Lipinski definition) is 12. The van der Waals surface area contributed by atoms with Crippen LogP contribution < -0.4 is 85.0 Å². The zero-order valence-corrected chi connectivity index (χ0v) is 31.1. The maximum absolute atomic E-state index is 12.8. The Kier molecular flexibility index (Phi) is 15.0. The molecule has 1 aliphatic carbocycles. The van der Waals surface area contributed by atoms with Gasteiger partial charge in [-0.05, 0) is 86.2 Å². The minimum Gasteiger partial charge on any atom is -0.744 e. The van der Waals surface area contributed by atoms with Crippen molar-refractivity contribution in [2.24, 2.45) is 15.3 Å². The quantitative estimate of drug-likeness (QED) is 0.0567. The van der Waals surface area contributed by atoms with Crippen molar-refractivity contribution < 1.29 is 96.3 Å². The number of benzene rings is 3. The van der Waals surface area contributed by atoms with Gasteiger partial charge >= 0.3 is 65.1 Å². The van der Waals surface area contributed by atoms with Crippen LogP contribution in [-0.4, -0.2) is 43.1 Å². The Balaban J connectivity index is 0.00000384. The maximum Gasteiger partial charge on any atom is 1.00 e. The third-order valence-electron chi connectivity index (χ3n) is 5.94. The van der Waals surface area contributed by atoms with Crippen LogP contribution in [0.1, 0.15) is 12.5 Å². The molecule has 0 saturated heterocycles. The second-order valence-electron chi connectivity index (χ2n) is 9.18. The molecule has 3 aromatic carbocycles. The molecule has 0 fully saturated rings. The molecule has 0 saturated carbocycles. The van der Waals surface area contributed by atoms with Crippen LogP contribution in [0.5, 0.6) is 5.75 Å². The fourth-order valence-electron chi connectivity index (χ4n) is 3.80. The molecule has 232 valence electrons. The van der Waals surface area contributed by atoms with E-state index in [4.69, 9.17) is 16.3 Å². The second-order valence-corrected chi connectivity index (χ2v) is 10.9. The van der Waals surface area contributed by atoms with Gasteiger partial charge in [0.25, 0.3) is 0 Å². The third kappa shape index (κ3) is 11.1. The fourth-order valence-corrected chi connectivity index (χ4v) is 4.78. The van der Waals surface area contributed by atoms with Gasteiger partial charge in [-0.1, -0.05) is 11.6 Å². The topological polar surface area (TPSA) is 214 Å². The molecule has 0 spiro atoms. The van der Waals surface area contributed by atoms with E-state index in [9.17, 15) is 32.5 Å². The summed E-state index contributed by atoms with van der Waals surface area (Å²) in [4.78, 5) is 34.8. The smallest absolute Gasteiger partial charge is 0.744 e.